The van der Waals surface area contributed by atoms with E-state index in [1.165, 1.54) is 0 Å². The zero-order valence-electron chi connectivity index (χ0n) is 12.4. The molecule has 1 atom stereocenters. The van der Waals surface area contributed by atoms with Gasteiger partial charge in [-0.15, -0.1) is 5.10 Å². The molecule has 22 heavy (non-hydrogen) atoms. The number of carbonyl (C=O) groups is 1. The van der Waals surface area contributed by atoms with E-state index >= 15 is 0 Å². The smallest absolute Gasteiger partial charge is 0.231 e. The molecule has 0 saturated heterocycles. The number of aryl methyl sites for hydroxylation is 1. The molecule has 116 valence electrons. The molecule has 0 aliphatic carbocycles. The Morgan fingerprint density at radius 1 is 1.27 bits per heavy atom. The van der Waals surface area contributed by atoms with E-state index in [1.807, 2.05) is 24.3 Å². The Kier molecular flexibility index (Phi) is 4.43. The van der Waals surface area contributed by atoms with Crippen molar-refractivity contribution in [2.75, 3.05) is 0 Å². The summed E-state index contributed by atoms with van der Waals surface area (Å²) < 4.78 is 1.74. The van der Waals surface area contributed by atoms with Crippen molar-refractivity contribution in [2.45, 2.75) is 44.8 Å². The van der Waals surface area contributed by atoms with Crippen LogP contribution < -0.4 is 11.1 Å². The lowest BCUT2D eigenvalue weighted by Crippen LogP contribution is -2.30. The number of nitrogens with two attached hydrogens (primary N) is 1. The standard InChI is InChI=1S/C15H20N6O/c16-9-11-4-6-12(7-5-11)10-17-15(22)13-3-1-2-8-21-14(13)18-19-20-21/h4-7,13H,1-3,8-10,16H2,(H,17,22)/t13-/m0/s1. The van der Waals surface area contributed by atoms with Gasteiger partial charge in [0.05, 0.1) is 5.92 Å². The SMILES string of the molecule is NCc1ccc(CNC(=O)[C@H]2CCCCn3nnnc32)cc1. The third kappa shape index (κ3) is 3.14. The Bertz CT molecular complexity index is 636. The van der Waals surface area contributed by atoms with Crippen LogP contribution in [-0.4, -0.2) is 26.1 Å². The molecule has 7 heteroatoms. The van der Waals surface area contributed by atoms with E-state index in [2.05, 4.69) is 20.8 Å². The Labute approximate surface area is 128 Å². The third-order valence-electron chi connectivity index (χ3n) is 4.03. The summed E-state index contributed by atoms with van der Waals surface area (Å²) in [6, 6.07) is 7.93. The van der Waals surface area contributed by atoms with Crippen molar-refractivity contribution in [1.82, 2.24) is 25.5 Å². The normalized spacial score (nSPS) is 17.6. The highest BCUT2D eigenvalue weighted by molar-refractivity contribution is 5.82. The van der Waals surface area contributed by atoms with Gasteiger partial charge in [-0.3, -0.25) is 4.79 Å². The average Bonchev–Trinajstić information content (AvgIpc) is 2.92. The van der Waals surface area contributed by atoms with E-state index in [0.29, 0.717) is 18.9 Å². The number of hydrogen-bond donors (Lipinski definition) is 2. The van der Waals surface area contributed by atoms with Crippen LogP contribution in [-0.2, 0) is 24.4 Å². The number of benzene rings is 1. The van der Waals surface area contributed by atoms with Gasteiger partial charge in [0, 0.05) is 19.6 Å². The van der Waals surface area contributed by atoms with E-state index in [0.717, 1.165) is 36.9 Å². The predicted molar refractivity (Wildman–Crippen MR) is 80.6 cm³/mol. The highest BCUT2D eigenvalue weighted by Gasteiger charge is 2.28. The lowest BCUT2D eigenvalue weighted by Gasteiger charge is -2.13. The highest BCUT2D eigenvalue weighted by Crippen LogP contribution is 2.24. The van der Waals surface area contributed by atoms with Crippen LogP contribution in [0.3, 0.4) is 0 Å². The van der Waals surface area contributed by atoms with Gasteiger partial charge in [-0.05, 0) is 34.4 Å². The number of fused-ring (bicyclic) bond motifs is 1. The first-order chi connectivity index (χ1) is 10.8. The number of nitrogens with zero attached hydrogens (tertiary/aromatic N) is 4. The second-order valence-corrected chi connectivity index (χ2v) is 5.55. The molecular weight excluding hydrogens is 280 g/mol. The van der Waals surface area contributed by atoms with Gasteiger partial charge in [-0.25, -0.2) is 4.68 Å². The first-order valence-electron chi connectivity index (χ1n) is 7.59. The lowest BCUT2D eigenvalue weighted by molar-refractivity contribution is -0.123. The van der Waals surface area contributed by atoms with Gasteiger partial charge in [0.15, 0.2) is 5.82 Å². The van der Waals surface area contributed by atoms with Crippen molar-refractivity contribution in [3.63, 3.8) is 0 Å². The Balaban J connectivity index is 1.64. The third-order valence-corrected chi connectivity index (χ3v) is 4.03. The zero-order chi connectivity index (χ0) is 15.4. The van der Waals surface area contributed by atoms with Crippen LogP contribution in [0.15, 0.2) is 24.3 Å². The summed E-state index contributed by atoms with van der Waals surface area (Å²) in [4.78, 5) is 12.5. The maximum Gasteiger partial charge on any atom is 0.231 e. The highest BCUT2D eigenvalue weighted by atomic mass is 16.1. The molecule has 0 radical (unpaired) electrons. The van der Waals surface area contributed by atoms with Crippen LogP contribution in [0.4, 0.5) is 0 Å². The van der Waals surface area contributed by atoms with E-state index in [-0.39, 0.29) is 11.8 Å². The van der Waals surface area contributed by atoms with Crippen molar-refractivity contribution in [1.29, 1.82) is 0 Å². The number of amides is 1. The molecule has 0 spiro atoms. The number of hydrogen-bond acceptors (Lipinski definition) is 5. The van der Waals surface area contributed by atoms with Gasteiger partial charge in [0.25, 0.3) is 0 Å². The minimum atomic E-state index is -0.263. The molecule has 1 amide bonds. The first kappa shape index (κ1) is 14.6. The molecule has 1 aliphatic rings. The number of rotatable bonds is 4. The number of aromatic nitrogens is 4. The second kappa shape index (κ2) is 6.65. The van der Waals surface area contributed by atoms with Gasteiger partial charge in [0.1, 0.15) is 0 Å². The van der Waals surface area contributed by atoms with Crippen LogP contribution >= 0.6 is 0 Å². The molecular formula is C15H20N6O. The van der Waals surface area contributed by atoms with Crippen LogP contribution in [0, 0.1) is 0 Å². The van der Waals surface area contributed by atoms with E-state index < -0.39 is 0 Å². The second-order valence-electron chi connectivity index (χ2n) is 5.55. The van der Waals surface area contributed by atoms with Crippen molar-refractivity contribution in [3.05, 3.63) is 41.2 Å². The van der Waals surface area contributed by atoms with Crippen LogP contribution in [0.5, 0.6) is 0 Å². The van der Waals surface area contributed by atoms with Gasteiger partial charge >= 0.3 is 0 Å². The Morgan fingerprint density at radius 2 is 2.05 bits per heavy atom. The molecule has 3 rings (SSSR count). The Morgan fingerprint density at radius 3 is 2.82 bits per heavy atom. The monoisotopic (exact) mass is 300 g/mol. The molecule has 1 aromatic heterocycles. The summed E-state index contributed by atoms with van der Waals surface area (Å²) in [5.74, 6) is 0.398. The average molecular weight is 300 g/mol. The Hall–Kier alpha value is -2.28. The summed E-state index contributed by atoms with van der Waals surface area (Å²) in [6.07, 6.45) is 2.79. The molecule has 2 aromatic rings. The minimum Gasteiger partial charge on any atom is -0.351 e. The van der Waals surface area contributed by atoms with Crippen molar-refractivity contribution >= 4 is 5.91 Å². The fraction of sp³-hybridized carbons (Fsp3) is 0.467. The van der Waals surface area contributed by atoms with E-state index in [9.17, 15) is 4.79 Å². The van der Waals surface area contributed by atoms with Gasteiger partial charge < -0.3 is 11.1 Å². The summed E-state index contributed by atoms with van der Waals surface area (Å²) in [6.45, 7) is 1.81. The van der Waals surface area contributed by atoms with Crippen molar-refractivity contribution < 1.29 is 4.79 Å². The quantitative estimate of drug-likeness (QED) is 0.866. The molecule has 1 aromatic carbocycles. The molecule has 0 unspecified atom stereocenters. The van der Waals surface area contributed by atoms with Crippen molar-refractivity contribution in [2.24, 2.45) is 5.73 Å². The number of tetrazole rings is 1. The topological polar surface area (TPSA) is 98.7 Å². The largest absolute Gasteiger partial charge is 0.351 e. The molecule has 0 bridgehead atoms. The van der Waals surface area contributed by atoms with E-state index in [1.54, 1.807) is 4.68 Å². The number of nitrogens with one attached hydrogen (secondary N) is 1. The first-order valence-corrected chi connectivity index (χ1v) is 7.59. The van der Waals surface area contributed by atoms with Gasteiger partial charge in [0.2, 0.25) is 5.91 Å². The summed E-state index contributed by atoms with van der Waals surface area (Å²) in [7, 11) is 0. The maximum absolute atomic E-state index is 12.5. The van der Waals surface area contributed by atoms with Crippen LogP contribution in [0.25, 0.3) is 0 Å². The fourth-order valence-corrected chi connectivity index (χ4v) is 2.71. The predicted octanol–water partition coefficient (Wildman–Crippen LogP) is 0.716. The van der Waals surface area contributed by atoms with E-state index in [4.69, 9.17) is 5.73 Å². The molecule has 0 fully saturated rings. The zero-order valence-corrected chi connectivity index (χ0v) is 12.4. The van der Waals surface area contributed by atoms with Crippen LogP contribution in [0.2, 0.25) is 0 Å². The minimum absolute atomic E-state index is 0.0131. The summed E-state index contributed by atoms with van der Waals surface area (Å²) >= 11 is 0. The maximum atomic E-state index is 12.5. The van der Waals surface area contributed by atoms with Crippen molar-refractivity contribution in [3.8, 4) is 0 Å². The molecule has 3 N–H and O–H groups in total. The van der Waals surface area contributed by atoms with Gasteiger partial charge in [-0.1, -0.05) is 30.7 Å². The lowest BCUT2D eigenvalue weighted by atomic mass is 10.0. The molecule has 0 saturated carbocycles. The molecule has 1 aliphatic heterocycles. The van der Waals surface area contributed by atoms with Gasteiger partial charge in [-0.2, -0.15) is 0 Å². The molecule has 7 nitrogen and oxygen atoms in total. The number of carbonyl (C=O) groups excluding carboxylic acids is 1. The fourth-order valence-electron chi connectivity index (χ4n) is 2.71. The summed E-state index contributed by atoms with van der Waals surface area (Å²) in [5.41, 5.74) is 7.71. The van der Waals surface area contributed by atoms with Crippen LogP contribution in [0.1, 0.15) is 42.1 Å². The molecule has 2 heterocycles. The summed E-state index contributed by atoms with van der Waals surface area (Å²) in [5, 5.41) is 14.6.